The van der Waals surface area contributed by atoms with Crippen molar-refractivity contribution >= 4 is 0 Å². The topological polar surface area (TPSA) is 38.7 Å². The number of hydrogen-bond donors (Lipinski definition) is 1. The average molecular weight is 184 g/mol. The van der Waals surface area contributed by atoms with Gasteiger partial charge in [0.15, 0.2) is 0 Å². The predicted molar refractivity (Wildman–Crippen MR) is 48.2 cm³/mol. The minimum Gasteiger partial charge on any atom is -0.501 e. The summed E-state index contributed by atoms with van der Waals surface area (Å²) in [6.45, 7) is 4.04. The van der Waals surface area contributed by atoms with Crippen molar-refractivity contribution in [1.29, 1.82) is 0 Å². The molecule has 0 saturated carbocycles. The smallest absolute Gasteiger partial charge is 0.0959 e. The van der Waals surface area contributed by atoms with Gasteiger partial charge in [-0.05, 0) is 5.57 Å². The van der Waals surface area contributed by atoms with Crippen LogP contribution in [0.15, 0.2) is 11.8 Å². The van der Waals surface area contributed by atoms with Crippen LogP contribution in [0.1, 0.15) is 19.8 Å². The zero-order valence-corrected chi connectivity index (χ0v) is 7.95. The van der Waals surface area contributed by atoms with Gasteiger partial charge in [-0.1, -0.05) is 6.92 Å². The summed E-state index contributed by atoms with van der Waals surface area (Å²) in [5.41, 5.74) is 0.373. The van der Waals surface area contributed by atoms with E-state index in [1.165, 1.54) is 0 Å². The third-order valence-corrected chi connectivity index (χ3v) is 3.08. The van der Waals surface area contributed by atoms with Crippen molar-refractivity contribution in [3.63, 3.8) is 0 Å². The monoisotopic (exact) mass is 184 g/mol. The first-order chi connectivity index (χ1) is 6.23. The van der Waals surface area contributed by atoms with Crippen molar-refractivity contribution in [3.8, 4) is 0 Å². The minimum atomic E-state index is -0.672. The Balaban J connectivity index is 2.16. The molecule has 0 radical (unpaired) electrons. The highest BCUT2D eigenvalue weighted by molar-refractivity contribution is 5.19. The van der Waals surface area contributed by atoms with Crippen molar-refractivity contribution in [3.05, 3.63) is 11.8 Å². The third kappa shape index (κ3) is 1.46. The molecule has 74 valence electrons. The Kier molecular flexibility index (Phi) is 2.30. The zero-order chi connectivity index (χ0) is 9.31. The zero-order valence-electron chi connectivity index (χ0n) is 7.95. The molecule has 2 unspecified atom stereocenters. The Morgan fingerprint density at radius 2 is 2.38 bits per heavy atom. The Labute approximate surface area is 78.3 Å². The van der Waals surface area contributed by atoms with Gasteiger partial charge in [-0.2, -0.15) is 0 Å². The number of ether oxygens (including phenoxy) is 2. The van der Waals surface area contributed by atoms with Gasteiger partial charge >= 0.3 is 0 Å². The molecule has 0 amide bonds. The van der Waals surface area contributed by atoms with E-state index in [9.17, 15) is 5.11 Å². The molecule has 0 aliphatic carbocycles. The van der Waals surface area contributed by atoms with Crippen molar-refractivity contribution in [2.75, 3.05) is 19.8 Å². The second kappa shape index (κ2) is 3.31. The molecule has 2 aliphatic heterocycles. The molecule has 1 saturated heterocycles. The standard InChI is InChI=1S/C10H16O3/c1-8-6-13-5-3-10(8,11)9-2-4-12-7-9/h7-8,11H,2-6H2,1H3. The highest BCUT2D eigenvalue weighted by Crippen LogP contribution is 2.36. The summed E-state index contributed by atoms with van der Waals surface area (Å²) >= 11 is 0. The van der Waals surface area contributed by atoms with E-state index in [2.05, 4.69) is 0 Å². The van der Waals surface area contributed by atoms with E-state index < -0.39 is 5.60 Å². The van der Waals surface area contributed by atoms with Gasteiger partial charge in [0.05, 0.1) is 25.1 Å². The second-order valence-corrected chi connectivity index (χ2v) is 3.91. The van der Waals surface area contributed by atoms with Gasteiger partial charge in [-0.25, -0.2) is 0 Å². The van der Waals surface area contributed by atoms with Crippen LogP contribution in [-0.4, -0.2) is 30.5 Å². The van der Waals surface area contributed by atoms with Crippen molar-refractivity contribution < 1.29 is 14.6 Å². The van der Waals surface area contributed by atoms with Crippen LogP contribution in [0.25, 0.3) is 0 Å². The van der Waals surface area contributed by atoms with Crippen LogP contribution in [-0.2, 0) is 9.47 Å². The third-order valence-electron chi connectivity index (χ3n) is 3.08. The van der Waals surface area contributed by atoms with Gasteiger partial charge < -0.3 is 14.6 Å². The molecular formula is C10H16O3. The van der Waals surface area contributed by atoms with E-state index in [0.717, 1.165) is 12.0 Å². The maximum Gasteiger partial charge on any atom is 0.0959 e. The van der Waals surface area contributed by atoms with E-state index in [0.29, 0.717) is 26.2 Å². The Bertz CT molecular complexity index is 224. The summed E-state index contributed by atoms with van der Waals surface area (Å²) in [4.78, 5) is 0. The molecule has 1 N–H and O–H groups in total. The Morgan fingerprint density at radius 3 is 3.00 bits per heavy atom. The highest BCUT2D eigenvalue weighted by atomic mass is 16.5. The molecule has 2 heterocycles. The fourth-order valence-corrected chi connectivity index (χ4v) is 2.06. The molecule has 2 rings (SSSR count). The molecule has 0 spiro atoms. The van der Waals surface area contributed by atoms with Gasteiger partial charge in [-0.15, -0.1) is 0 Å². The summed E-state index contributed by atoms with van der Waals surface area (Å²) in [7, 11) is 0. The van der Waals surface area contributed by atoms with E-state index in [4.69, 9.17) is 9.47 Å². The van der Waals surface area contributed by atoms with Crippen LogP contribution in [0.3, 0.4) is 0 Å². The summed E-state index contributed by atoms with van der Waals surface area (Å²) in [5, 5.41) is 10.4. The minimum absolute atomic E-state index is 0.175. The largest absolute Gasteiger partial charge is 0.501 e. The maximum atomic E-state index is 10.4. The van der Waals surface area contributed by atoms with Crippen LogP contribution >= 0.6 is 0 Å². The first-order valence-electron chi connectivity index (χ1n) is 4.85. The van der Waals surface area contributed by atoms with Crippen molar-refractivity contribution in [1.82, 2.24) is 0 Å². The molecule has 13 heavy (non-hydrogen) atoms. The lowest BCUT2D eigenvalue weighted by Crippen LogP contribution is -2.45. The van der Waals surface area contributed by atoms with Crippen molar-refractivity contribution in [2.24, 2.45) is 5.92 Å². The van der Waals surface area contributed by atoms with Crippen LogP contribution in [0.5, 0.6) is 0 Å². The van der Waals surface area contributed by atoms with Crippen LogP contribution in [0, 0.1) is 5.92 Å². The first-order valence-corrected chi connectivity index (χ1v) is 4.85. The fraction of sp³-hybridized carbons (Fsp3) is 0.800. The first kappa shape index (κ1) is 9.03. The second-order valence-electron chi connectivity index (χ2n) is 3.91. The van der Waals surface area contributed by atoms with Gasteiger partial charge in [0.1, 0.15) is 0 Å². The molecule has 0 aromatic heterocycles. The van der Waals surface area contributed by atoms with Crippen LogP contribution in [0.2, 0.25) is 0 Å². The molecule has 1 fully saturated rings. The van der Waals surface area contributed by atoms with E-state index in [1.54, 1.807) is 6.26 Å². The molecule has 3 nitrogen and oxygen atoms in total. The fourth-order valence-electron chi connectivity index (χ4n) is 2.06. The summed E-state index contributed by atoms with van der Waals surface area (Å²) in [6.07, 6.45) is 3.28. The van der Waals surface area contributed by atoms with Crippen molar-refractivity contribution in [2.45, 2.75) is 25.4 Å². The lowest BCUT2D eigenvalue weighted by atomic mass is 9.78. The highest BCUT2D eigenvalue weighted by Gasteiger charge is 2.41. The molecule has 0 aromatic rings. The lowest BCUT2D eigenvalue weighted by Gasteiger charge is -2.38. The molecule has 0 bridgehead atoms. The van der Waals surface area contributed by atoms with Gasteiger partial charge in [0.25, 0.3) is 0 Å². The van der Waals surface area contributed by atoms with Crippen LogP contribution in [0.4, 0.5) is 0 Å². The van der Waals surface area contributed by atoms with Gasteiger partial charge in [0, 0.05) is 25.4 Å². The SMILES string of the molecule is CC1COCCC1(O)C1=COCC1. The lowest BCUT2D eigenvalue weighted by molar-refractivity contribution is -0.0834. The summed E-state index contributed by atoms with van der Waals surface area (Å²) in [6, 6.07) is 0. The number of aliphatic hydroxyl groups is 1. The van der Waals surface area contributed by atoms with E-state index >= 15 is 0 Å². The Hall–Kier alpha value is -0.540. The molecule has 2 aliphatic rings. The average Bonchev–Trinajstić information content (AvgIpc) is 2.63. The molecule has 0 aromatic carbocycles. The van der Waals surface area contributed by atoms with E-state index in [1.807, 2.05) is 6.92 Å². The van der Waals surface area contributed by atoms with Gasteiger partial charge in [-0.3, -0.25) is 0 Å². The Morgan fingerprint density at radius 1 is 1.54 bits per heavy atom. The van der Waals surface area contributed by atoms with E-state index in [-0.39, 0.29) is 5.92 Å². The number of hydrogen-bond acceptors (Lipinski definition) is 3. The molecule has 2 atom stereocenters. The molecule has 3 heteroatoms. The van der Waals surface area contributed by atoms with Gasteiger partial charge in [0.2, 0.25) is 0 Å². The molecular weight excluding hydrogens is 168 g/mol. The van der Waals surface area contributed by atoms with Crippen LogP contribution < -0.4 is 0 Å². The summed E-state index contributed by atoms with van der Waals surface area (Å²) in [5.74, 6) is 0.175. The maximum absolute atomic E-state index is 10.4. The summed E-state index contributed by atoms with van der Waals surface area (Å²) < 4.78 is 10.5. The quantitative estimate of drug-likeness (QED) is 0.662. The normalized spacial score (nSPS) is 39.8. The predicted octanol–water partition coefficient (Wildman–Crippen LogP) is 1.08. The number of rotatable bonds is 1.